The fraction of sp³-hybridized carbons (Fsp3) is 0.458. The van der Waals surface area contributed by atoms with Gasteiger partial charge >= 0.3 is 12.2 Å². The first kappa shape index (κ1) is 24.9. The van der Waals surface area contributed by atoms with Crippen LogP contribution in [-0.2, 0) is 5.41 Å². The van der Waals surface area contributed by atoms with E-state index in [1.807, 2.05) is 27.7 Å². The molecular formula is C24H27F4N5O2. The van der Waals surface area contributed by atoms with Gasteiger partial charge in [-0.25, -0.2) is 9.37 Å². The SMILES string of the molecule is Cc1cc(-c2nnc(NC3C=C(F)CC(O)C3)o2)nc2c(C(C)(C)C)cc(NCC(F)(F)F)cc12. The molecule has 0 fully saturated rings. The molecule has 0 amide bonds. The van der Waals surface area contributed by atoms with Crippen LogP contribution >= 0.6 is 0 Å². The molecule has 3 aromatic rings. The van der Waals surface area contributed by atoms with Crippen LogP contribution in [0.2, 0.25) is 0 Å². The molecule has 0 spiro atoms. The number of hydrogen-bond acceptors (Lipinski definition) is 7. The third-order valence-electron chi connectivity index (χ3n) is 5.71. The van der Waals surface area contributed by atoms with Gasteiger partial charge in [-0.3, -0.25) is 0 Å². The van der Waals surface area contributed by atoms with E-state index in [1.165, 1.54) is 6.08 Å². The van der Waals surface area contributed by atoms with E-state index in [1.54, 1.807) is 18.2 Å². The number of nitrogens with zero attached hydrogens (tertiary/aromatic N) is 3. The van der Waals surface area contributed by atoms with Crippen LogP contribution in [0, 0.1) is 6.92 Å². The molecule has 7 nitrogen and oxygen atoms in total. The maximum atomic E-state index is 13.6. The lowest BCUT2D eigenvalue weighted by molar-refractivity contribution is -0.115. The van der Waals surface area contributed by atoms with E-state index in [-0.39, 0.29) is 18.3 Å². The topological polar surface area (TPSA) is 96.1 Å². The van der Waals surface area contributed by atoms with Gasteiger partial charge in [-0.1, -0.05) is 25.9 Å². The molecule has 1 aliphatic rings. The molecule has 1 aromatic carbocycles. The fourth-order valence-corrected chi connectivity index (χ4v) is 4.08. The Morgan fingerprint density at radius 1 is 1.14 bits per heavy atom. The molecule has 188 valence electrons. The van der Waals surface area contributed by atoms with E-state index in [0.717, 1.165) is 11.1 Å². The predicted octanol–water partition coefficient (Wildman–Crippen LogP) is 5.65. The zero-order valence-corrected chi connectivity index (χ0v) is 19.8. The maximum Gasteiger partial charge on any atom is 0.405 e. The molecule has 3 N–H and O–H groups in total. The van der Waals surface area contributed by atoms with Crippen molar-refractivity contribution in [3.05, 3.63) is 41.2 Å². The summed E-state index contributed by atoms with van der Waals surface area (Å²) in [6.07, 6.45) is -3.48. The molecule has 0 aliphatic heterocycles. The van der Waals surface area contributed by atoms with Crippen LogP contribution in [0.5, 0.6) is 0 Å². The molecule has 4 rings (SSSR count). The van der Waals surface area contributed by atoms with Crippen LogP contribution in [0.1, 0.15) is 44.7 Å². The van der Waals surface area contributed by atoms with Gasteiger partial charge in [0.2, 0.25) is 0 Å². The molecule has 2 unspecified atom stereocenters. The Morgan fingerprint density at radius 2 is 1.89 bits per heavy atom. The Kier molecular flexibility index (Phi) is 6.48. The van der Waals surface area contributed by atoms with Crippen molar-refractivity contribution in [3.63, 3.8) is 0 Å². The summed E-state index contributed by atoms with van der Waals surface area (Å²) in [5, 5.41) is 23.9. The van der Waals surface area contributed by atoms with Crippen LogP contribution in [0.4, 0.5) is 29.3 Å². The largest absolute Gasteiger partial charge is 0.405 e. The first-order valence-electron chi connectivity index (χ1n) is 11.2. The van der Waals surface area contributed by atoms with E-state index in [9.17, 15) is 22.7 Å². The number of aliphatic hydroxyl groups excluding tert-OH is 1. The molecule has 2 aromatic heterocycles. The van der Waals surface area contributed by atoms with Gasteiger partial charge in [0, 0.05) is 17.5 Å². The Labute approximate surface area is 199 Å². The smallest absolute Gasteiger partial charge is 0.402 e. The summed E-state index contributed by atoms with van der Waals surface area (Å²) < 4.78 is 57.6. The molecule has 0 saturated heterocycles. The first-order valence-corrected chi connectivity index (χ1v) is 11.2. The summed E-state index contributed by atoms with van der Waals surface area (Å²) in [7, 11) is 0. The number of aromatic nitrogens is 3. The Bertz CT molecular complexity index is 1260. The Hall–Kier alpha value is -3.21. The molecule has 0 radical (unpaired) electrons. The normalized spacial score (nSPS) is 19.1. The molecule has 0 bridgehead atoms. The van der Waals surface area contributed by atoms with Crippen LogP contribution in [0.15, 0.2) is 34.5 Å². The molecule has 11 heteroatoms. The minimum Gasteiger partial charge on any atom is -0.402 e. The van der Waals surface area contributed by atoms with Crippen molar-refractivity contribution in [2.75, 3.05) is 17.2 Å². The van der Waals surface area contributed by atoms with Crippen LogP contribution < -0.4 is 10.6 Å². The van der Waals surface area contributed by atoms with Crippen molar-refractivity contribution < 1.29 is 27.1 Å². The number of benzene rings is 1. The lowest BCUT2D eigenvalue weighted by Crippen LogP contribution is -2.27. The van der Waals surface area contributed by atoms with E-state index in [4.69, 9.17) is 9.40 Å². The highest BCUT2D eigenvalue weighted by atomic mass is 19.4. The van der Waals surface area contributed by atoms with Gasteiger partial charge in [0.1, 0.15) is 18.1 Å². The average molecular weight is 494 g/mol. The summed E-state index contributed by atoms with van der Waals surface area (Å²) in [6, 6.07) is 4.63. The van der Waals surface area contributed by atoms with E-state index < -0.39 is 36.1 Å². The van der Waals surface area contributed by atoms with Crippen LogP contribution in [-0.4, -0.2) is 45.2 Å². The average Bonchev–Trinajstić information content (AvgIpc) is 3.18. The number of fused-ring (bicyclic) bond motifs is 1. The highest BCUT2D eigenvalue weighted by Crippen LogP contribution is 2.35. The second-order valence-corrected chi connectivity index (χ2v) is 9.83. The number of anilines is 2. The van der Waals surface area contributed by atoms with Crippen molar-refractivity contribution in [2.24, 2.45) is 0 Å². The van der Waals surface area contributed by atoms with Gasteiger partial charge in [-0.2, -0.15) is 13.2 Å². The fourth-order valence-electron chi connectivity index (χ4n) is 4.08. The van der Waals surface area contributed by atoms with Crippen LogP contribution in [0.3, 0.4) is 0 Å². The minimum atomic E-state index is -4.34. The minimum absolute atomic E-state index is 0.0168. The molecule has 2 heterocycles. The Balaban J connectivity index is 1.69. The van der Waals surface area contributed by atoms with Crippen molar-refractivity contribution in [1.29, 1.82) is 0 Å². The zero-order valence-electron chi connectivity index (χ0n) is 19.8. The molecule has 35 heavy (non-hydrogen) atoms. The summed E-state index contributed by atoms with van der Waals surface area (Å²) in [6.45, 7) is 6.57. The number of aryl methyl sites for hydroxylation is 1. The number of rotatable bonds is 5. The lowest BCUT2D eigenvalue weighted by atomic mass is 9.84. The van der Waals surface area contributed by atoms with E-state index in [0.29, 0.717) is 28.7 Å². The summed E-state index contributed by atoms with van der Waals surface area (Å²) >= 11 is 0. The standard InChI is InChI=1S/C24H27F4N5O2/c1-12-5-19(21-32-33-22(35-21)30-15-6-13(25)7-16(34)8-15)31-20-17(12)9-14(29-11-24(26,27)28)10-18(20)23(2,3)4/h5-6,9-10,15-16,29,34H,7-8,11H2,1-4H3,(H,30,33). The van der Waals surface area contributed by atoms with E-state index in [2.05, 4.69) is 20.8 Å². The van der Waals surface area contributed by atoms with Crippen molar-refractivity contribution in [2.45, 2.75) is 64.3 Å². The van der Waals surface area contributed by atoms with Gasteiger partial charge in [0.05, 0.1) is 17.7 Å². The molecule has 1 aliphatic carbocycles. The molecule has 2 atom stereocenters. The number of halogens is 4. The molecular weight excluding hydrogens is 466 g/mol. The number of hydrogen-bond donors (Lipinski definition) is 3. The maximum absolute atomic E-state index is 13.6. The van der Waals surface area contributed by atoms with Gasteiger partial charge < -0.3 is 20.2 Å². The zero-order chi connectivity index (χ0) is 25.5. The molecule has 0 saturated carbocycles. The number of pyridine rings is 1. The van der Waals surface area contributed by atoms with Gasteiger partial charge in [-0.15, -0.1) is 5.10 Å². The third kappa shape index (κ3) is 5.90. The van der Waals surface area contributed by atoms with Gasteiger partial charge in [0.15, 0.2) is 0 Å². The number of aliphatic hydroxyl groups is 1. The van der Waals surface area contributed by atoms with Crippen molar-refractivity contribution in [1.82, 2.24) is 15.2 Å². The summed E-state index contributed by atoms with van der Waals surface area (Å²) in [5.41, 5.74) is 2.52. The first-order chi connectivity index (χ1) is 16.3. The van der Waals surface area contributed by atoms with Gasteiger partial charge in [0.25, 0.3) is 5.89 Å². The second kappa shape index (κ2) is 9.10. The van der Waals surface area contributed by atoms with Crippen LogP contribution in [0.25, 0.3) is 22.5 Å². The predicted molar refractivity (Wildman–Crippen MR) is 125 cm³/mol. The van der Waals surface area contributed by atoms with Crippen molar-refractivity contribution in [3.8, 4) is 11.6 Å². The van der Waals surface area contributed by atoms with E-state index >= 15 is 0 Å². The lowest BCUT2D eigenvalue weighted by Gasteiger charge is -2.23. The quantitative estimate of drug-likeness (QED) is 0.395. The summed E-state index contributed by atoms with van der Waals surface area (Å²) in [4.78, 5) is 4.72. The van der Waals surface area contributed by atoms with Crippen molar-refractivity contribution >= 4 is 22.6 Å². The Morgan fingerprint density at radius 3 is 2.54 bits per heavy atom. The third-order valence-corrected chi connectivity index (χ3v) is 5.71. The van der Waals surface area contributed by atoms with Gasteiger partial charge in [-0.05, 0) is 54.2 Å². The number of nitrogens with one attached hydrogen (secondary N) is 2. The monoisotopic (exact) mass is 493 g/mol. The summed E-state index contributed by atoms with van der Waals surface area (Å²) in [5.74, 6) is -0.274. The second-order valence-electron chi connectivity index (χ2n) is 9.83. The number of alkyl halides is 3. The highest BCUT2D eigenvalue weighted by Gasteiger charge is 2.28. The highest BCUT2D eigenvalue weighted by molar-refractivity contribution is 5.90.